The van der Waals surface area contributed by atoms with Crippen LogP contribution in [0.5, 0.6) is 0 Å². The smallest absolute Gasteiger partial charge is 0.294 e. The van der Waals surface area contributed by atoms with Gasteiger partial charge in [-0.25, -0.2) is 4.98 Å². The van der Waals surface area contributed by atoms with E-state index in [1.54, 1.807) is 30.3 Å². The monoisotopic (exact) mass is 496 g/mol. The number of aromatic nitrogens is 1. The number of carbonyl (C=O) groups is 3. The molecule has 2 N–H and O–H groups in total. The molecule has 35 heavy (non-hydrogen) atoms. The van der Waals surface area contributed by atoms with E-state index in [4.69, 9.17) is 20.8 Å². The van der Waals surface area contributed by atoms with Crippen LogP contribution >= 0.6 is 11.6 Å². The second kappa shape index (κ2) is 10.1. The maximum Gasteiger partial charge on any atom is 0.294 e. The number of halogens is 1. The molecule has 0 atom stereocenters. The molecule has 0 radical (unpaired) electrons. The van der Waals surface area contributed by atoms with E-state index in [0.29, 0.717) is 53.5 Å². The summed E-state index contributed by atoms with van der Waals surface area (Å²) >= 11 is 5.87. The molecule has 182 valence electrons. The summed E-state index contributed by atoms with van der Waals surface area (Å²) in [4.78, 5) is 44.4. The SMILES string of the molecule is O=C(Nc1ccc(Cl)cn1)c1oc2ccccc2c1NC(=O)C1CCC(N2CCOCC2=O)CC1. The van der Waals surface area contributed by atoms with E-state index in [2.05, 4.69) is 15.6 Å². The fraction of sp³-hybridized carbons (Fsp3) is 0.360. The van der Waals surface area contributed by atoms with Crippen molar-refractivity contribution in [1.82, 2.24) is 9.88 Å². The zero-order chi connectivity index (χ0) is 24.4. The van der Waals surface area contributed by atoms with Gasteiger partial charge in [0.05, 0.1) is 11.6 Å². The van der Waals surface area contributed by atoms with Crippen molar-refractivity contribution in [1.29, 1.82) is 0 Å². The largest absolute Gasteiger partial charge is 0.449 e. The van der Waals surface area contributed by atoms with Crippen molar-refractivity contribution < 1.29 is 23.5 Å². The minimum atomic E-state index is -0.527. The van der Waals surface area contributed by atoms with Crippen molar-refractivity contribution in [3.63, 3.8) is 0 Å². The molecule has 1 saturated carbocycles. The van der Waals surface area contributed by atoms with Crippen molar-refractivity contribution in [2.24, 2.45) is 5.92 Å². The molecular formula is C25H25ClN4O5. The lowest BCUT2D eigenvalue weighted by molar-refractivity contribution is -0.146. The van der Waals surface area contributed by atoms with Gasteiger partial charge in [-0.05, 0) is 49.9 Å². The van der Waals surface area contributed by atoms with E-state index in [-0.39, 0.29) is 36.1 Å². The van der Waals surface area contributed by atoms with Crippen molar-refractivity contribution in [2.75, 3.05) is 30.4 Å². The number of hydrogen-bond donors (Lipinski definition) is 2. The first-order valence-corrected chi connectivity index (χ1v) is 12.0. The van der Waals surface area contributed by atoms with Crippen molar-refractivity contribution in [2.45, 2.75) is 31.7 Å². The van der Waals surface area contributed by atoms with Crippen LogP contribution in [0, 0.1) is 5.92 Å². The molecular weight excluding hydrogens is 472 g/mol. The predicted molar refractivity (Wildman–Crippen MR) is 130 cm³/mol. The molecule has 2 fully saturated rings. The van der Waals surface area contributed by atoms with Gasteiger partial charge in [0.1, 0.15) is 23.7 Å². The Kier molecular flexibility index (Phi) is 6.70. The Hall–Kier alpha value is -3.43. The predicted octanol–water partition coefficient (Wildman–Crippen LogP) is 4.09. The van der Waals surface area contributed by atoms with Crippen LogP contribution in [0.1, 0.15) is 36.2 Å². The third-order valence-corrected chi connectivity index (χ3v) is 6.77. The van der Waals surface area contributed by atoms with Gasteiger partial charge in [0.2, 0.25) is 17.6 Å². The highest BCUT2D eigenvalue weighted by Gasteiger charge is 2.33. The molecule has 3 amide bonds. The third-order valence-electron chi connectivity index (χ3n) is 6.55. The molecule has 1 aliphatic carbocycles. The minimum Gasteiger partial charge on any atom is -0.449 e. The van der Waals surface area contributed by atoms with Crippen LogP contribution in [0.25, 0.3) is 11.0 Å². The van der Waals surface area contributed by atoms with Gasteiger partial charge < -0.3 is 24.7 Å². The average molecular weight is 497 g/mol. The normalized spacial score (nSPS) is 20.6. The summed E-state index contributed by atoms with van der Waals surface area (Å²) in [6, 6.07) is 10.5. The quantitative estimate of drug-likeness (QED) is 0.550. The van der Waals surface area contributed by atoms with Crippen molar-refractivity contribution in [3.05, 3.63) is 53.4 Å². The molecule has 2 aliphatic rings. The van der Waals surface area contributed by atoms with E-state index in [1.165, 1.54) is 6.20 Å². The Morgan fingerprint density at radius 3 is 2.60 bits per heavy atom. The molecule has 10 heteroatoms. The van der Waals surface area contributed by atoms with Crippen LogP contribution in [0.15, 0.2) is 47.0 Å². The first-order valence-electron chi connectivity index (χ1n) is 11.6. The van der Waals surface area contributed by atoms with Gasteiger partial charge in [-0.3, -0.25) is 14.4 Å². The minimum absolute atomic E-state index is 0.00361. The summed E-state index contributed by atoms with van der Waals surface area (Å²) in [5.41, 5.74) is 0.828. The second-order valence-electron chi connectivity index (χ2n) is 8.75. The summed E-state index contributed by atoms with van der Waals surface area (Å²) < 4.78 is 11.0. The highest BCUT2D eigenvalue weighted by atomic mass is 35.5. The number of ether oxygens (including phenoxy) is 1. The molecule has 0 unspecified atom stereocenters. The summed E-state index contributed by atoms with van der Waals surface area (Å²) in [6.07, 6.45) is 4.26. The molecule has 5 rings (SSSR count). The Labute approximate surface area is 206 Å². The van der Waals surface area contributed by atoms with Gasteiger partial charge in [-0.1, -0.05) is 23.7 Å². The third kappa shape index (κ3) is 5.01. The molecule has 0 bridgehead atoms. The Morgan fingerprint density at radius 1 is 1.06 bits per heavy atom. The summed E-state index contributed by atoms with van der Waals surface area (Å²) in [5.74, 6) is -0.579. The van der Waals surface area contributed by atoms with Crippen LogP contribution in [0.4, 0.5) is 11.5 Å². The number of rotatable bonds is 5. The van der Waals surface area contributed by atoms with Crippen molar-refractivity contribution >= 4 is 51.8 Å². The summed E-state index contributed by atoms with van der Waals surface area (Å²) in [5, 5.41) is 6.72. The van der Waals surface area contributed by atoms with Crippen LogP contribution < -0.4 is 10.6 Å². The summed E-state index contributed by atoms with van der Waals surface area (Å²) in [7, 11) is 0. The van der Waals surface area contributed by atoms with Crippen LogP contribution in [0.3, 0.4) is 0 Å². The van der Waals surface area contributed by atoms with Gasteiger partial charge in [-0.15, -0.1) is 0 Å². The topological polar surface area (TPSA) is 114 Å². The number of nitrogens with zero attached hydrogens (tertiary/aromatic N) is 2. The Bertz CT molecular complexity index is 1250. The zero-order valence-corrected chi connectivity index (χ0v) is 19.7. The van der Waals surface area contributed by atoms with Crippen LogP contribution in [0.2, 0.25) is 5.02 Å². The molecule has 1 aliphatic heterocycles. The van der Waals surface area contributed by atoms with E-state index < -0.39 is 5.91 Å². The Morgan fingerprint density at radius 2 is 1.86 bits per heavy atom. The van der Waals surface area contributed by atoms with E-state index >= 15 is 0 Å². The van der Waals surface area contributed by atoms with E-state index in [1.807, 2.05) is 11.0 Å². The maximum absolute atomic E-state index is 13.2. The molecule has 1 aromatic carbocycles. The number of para-hydroxylation sites is 1. The molecule has 1 saturated heterocycles. The lowest BCUT2D eigenvalue weighted by Gasteiger charge is -2.38. The van der Waals surface area contributed by atoms with Crippen molar-refractivity contribution in [3.8, 4) is 0 Å². The molecule has 3 aromatic rings. The van der Waals surface area contributed by atoms with Crippen LogP contribution in [-0.4, -0.2) is 53.4 Å². The summed E-state index contributed by atoms with van der Waals surface area (Å²) in [6.45, 7) is 1.28. The number of nitrogens with one attached hydrogen (secondary N) is 2. The van der Waals surface area contributed by atoms with Gasteiger partial charge in [0.25, 0.3) is 5.91 Å². The first-order chi connectivity index (χ1) is 17.0. The van der Waals surface area contributed by atoms with Gasteiger partial charge in [0.15, 0.2) is 0 Å². The number of furan rings is 1. The fourth-order valence-corrected chi connectivity index (χ4v) is 4.86. The van der Waals surface area contributed by atoms with E-state index in [0.717, 1.165) is 12.8 Å². The van der Waals surface area contributed by atoms with Crippen LogP contribution in [-0.2, 0) is 14.3 Å². The number of anilines is 2. The number of amides is 3. The molecule has 9 nitrogen and oxygen atoms in total. The number of carbonyl (C=O) groups excluding carboxylic acids is 3. The number of hydrogen-bond acceptors (Lipinski definition) is 6. The average Bonchev–Trinajstić information content (AvgIpc) is 3.24. The second-order valence-corrected chi connectivity index (χ2v) is 9.19. The Balaban J connectivity index is 1.30. The highest BCUT2D eigenvalue weighted by molar-refractivity contribution is 6.30. The lowest BCUT2D eigenvalue weighted by atomic mass is 9.84. The van der Waals surface area contributed by atoms with Gasteiger partial charge >= 0.3 is 0 Å². The zero-order valence-electron chi connectivity index (χ0n) is 19.0. The standard InChI is InChI=1S/C25H25ClN4O5/c26-16-7-10-20(27-13-16)28-25(33)23-22(18-3-1-2-4-19(18)35-23)29-24(32)15-5-8-17(9-6-15)30-11-12-34-14-21(30)31/h1-4,7,10,13,15,17H,5-6,8-9,11-12,14H2,(H,29,32)(H,27,28,33). The fourth-order valence-electron chi connectivity index (χ4n) is 4.74. The number of benzene rings is 1. The number of pyridine rings is 1. The van der Waals surface area contributed by atoms with Gasteiger partial charge in [-0.2, -0.15) is 0 Å². The first kappa shape index (κ1) is 23.3. The number of morpholine rings is 1. The highest BCUT2D eigenvalue weighted by Crippen LogP contribution is 2.34. The number of fused-ring (bicyclic) bond motifs is 1. The van der Waals surface area contributed by atoms with E-state index in [9.17, 15) is 14.4 Å². The molecule has 3 heterocycles. The maximum atomic E-state index is 13.2. The van der Waals surface area contributed by atoms with Gasteiger partial charge in [0, 0.05) is 30.1 Å². The lowest BCUT2D eigenvalue weighted by Crippen LogP contribution is -2.49. The molecule has 0 spiro atoms. The molecule has 2 aromatic heterocycles.